The molecule has 0 amide bonds. The van der Waals surface area contributed by atoms with Crippen molar-refractivity contribution in [2.75, 3.05) is 6.61 Å². The van der Waals surface area contributed by atoms with E-state index in [2.05, 4.69) is 6.58 Å². The number of rotatable bonds is 3. The van der Waals surface area contributed by atoms with Gasteiger partial charge >= 0.3 is 0 Å². The van der Waals surface area contributed by atoms with Crippen LogP contribution in [0.25, 0.3) is 0 Å². The van der Waals surface area contributed by atoms with Gasteiger partial charge in [-0.25, -0.2) is 8.78 Å². The van der Waals surface area contributed by atoms with Crippen molar-refractivity contribution >= 4 is 0 Å². The van der Waals surface area contributed by atoms with Crippen molar-refractivity contribution in [2.45, 2.75) is 6.43 Å². The minimum Gasteiger partial charge on any atom is -0.400 e. The summed E-state index contributed by atoms with van der Waals surface area (Å²) in [5.74, 6) is 0. The summed E-state index contributed by atoms with van der Waals surface area (Å²) in [6.07, 6.45) is -1.64. The maximum Gasteiger partial charge on any atom is 0.263 e. The van der Waals surface area contributed by atoms with E-state index in [9.17, 15) is 8.78 Å². The second-order valence-corrected chi connectivity index (χ2v) is 1.75. The first-order valence-corrected chi connectivity index (χ1v) is 2.61. The fourth-order valence-electron chi connectivity index (χ4n) is 0.347. The van der Waals surface area contributed by atoms with Crippen LogP contribution in [0.15, 0.2) is 23.9 Å². The van der Waals surface area contributed by atoms with Crippen molar-refractivity contribution < 1.29 is 13.9 Å². The van der Waals surface area contributed by atoms with Crippen molar-refractivity contribution in [1.82, 2.24) is 0 Å². The van der Waals surface area contributed by atoms with Crippen LogP contribution < -0.4 is 5.73 Å². The monoisotopic (exact) mass is 149 g/mol. The predicted molar refractivity (Wildman–Crippen MR) is 34.5 cm³/mol. The van der Waals surface area contributed by atoms with Gasteiger partial charge in [-0.05, 0) is 6.08 Å². The lowest BCUT2D eigenvalue weighted by molar-refractivity contribution is 0.194. The fraction of sp³-hybridized carbons (Fsp3) is 0.333. The zero-order valence-corrected chi connectivity index (χ0v) is 5.35. The van der Waals surface area contributed by atoms with E-state index >= 15 is 0 Å². The van der Waals surface area contributed by atoms with Crippen LogP contribution >= 0.6 is 0 Å². The molecule has 0 rings (SSSR count). The molecule has 0 aliphatic heterocycles. The third kappa shape index (κ3) is 3.19. The minimum absolute atomic E-state index is 0.00898. The summed E-state index contributed by atoms with van der Waals surface area (Å²) in [4.78, 5) is 0. The van der Waals surface area contributed by atoms with Crippen molar-refractivity contribution in [1.29, 1.82) is 0 Å². The Bertz CT molecular complexity index is 154. The van der Waals surface area contributed by atoms with Gasteiger partial charge in [0.2, 0.25) is 0 Å². The van der Waals surface area contributed by atoms with Gasteiger partial charge in [-0.15, -0.1) is 0 Å². The molecule has 0 bridgehead atoms. The average Bonchev–Trinajstić information content (AvgIpc) is 1.87. The van der Waals surface area contributed by atoms with Gasteiger partial charge in [0.15, 0.2) is 0 Å². The third-order valence-corrected chi connectivity index (χ3v) is 0.834. The Labute approximate surface area is 57.6 Å². The first-order valence-electron chi connectivity index (χ1n) is 2.61. The number of hydrogen-bond acceptors (Lipinski definition) is 2. The average molecular weight is 149 g/mol. The third-order valence-electron chi connectivity index (χ3n) is 0.834. The molecule has 2 nitrogen and oxygen atoms in total. The molecule has 0 saturated carbocycles. The highest BCUT2D eigenvalue weighted by atomic mass is 19.3. The van der Waals surface area contributed by atoms with Crippen LogP contribution in [0, 0.1) is 0 Å². The van der Waals surface area contributed by atoms with Crippen molar-refractivity contribution in [3.63, 3.8) is 0 Å². The van der Waals surface area contributed by atoms with E-state index in [-0.39, 0.29) is 11.3 Å². The van der Waals surface area contributed by atoms with Crippen molar-refractivity contribution in [3.05, 3.63) is 23.9 Å². The van der Waals surface area contributed by atoms with Crippen LogP contribution in [0.4, 0.5) is 8.78 Å². The van der Waals surface area contributed by atoms with Crippen LogP contribution in [-0.2, 0) is 0 Å². The number of aliphatic hydroxyl groups is 1. The fourth-order valence-corrected chi connectivity index (χ4v) is 0.347. The molecule has 0 saturated heterocycles. The van der Waals surface area contributed by atoms with Gasteiger partial charge in [-0.3, -0.25) is 0 Å². The molecule has 0 unspecified atom stereocenters. The molecular formula is C6H9F2NO. The summed E-state index contributed by atoms with van der Waals surface area (Å²) in [6, 6.07) is 0. The summed E-state index contributed by atoms with van der Waals surface area (Å²) in [6.45, 7) is 2.60. The maximum absolute atomic E-state index is 11.6. The molecule has 0 heterocycles. The number of allylic oxidation sites excluding steroid dienone is 2. The number of halogens is 2. The Morgan fingerprint density at radius 1 is 1.70 bits per heavy atom. The van der Waals surface area contributed by atoms with E-state index in [0.717, 1.165) is 6.08 Å². The summed E-state index contributed by atoms with van der Waals surface area (Å²) < 4.78 is 23.3. The Morgan fingerprint density at radius 2 is 2.20 bits per heavy atom. The van der Waals surface area contributed by atoms with E-state index in [1.165, 1.54) is 0 Å². The molecule has 10 heavy (non-hydrogen) atoms. The van der Waals surface area contributed by atoms with Crippen molar-refractivity contribution in [2.24, 2.45) is 5.73 Å². The maximum atomic E-state index is 11.6. The standard InChI is InChI=1S/C6H9F2NO/c1-4(6(7)8)2-5(9)3-10/h2,6,10H,1,3,9H2. The van der Waals surface area contributed by atoms with Gasteiger partial charge in [0.05, 0.1) is 6.61 Å². The number of alkyl halides is 2. The van der Waals surface area contributed by atoms with E-state index in [1.54, 1.807) is 0 Å². The highest BCUT2D eigenvalue weighted by Gasteiger charge is 2.04. The second kappa shape index (κ2) is 4.00. The van der Waals surface area contributed by atoms with Crippen LogP contribution in [0.3, 0.4) is 0 Å². The topological polar surface area (TPSA) is 46.2 Å². The minimum atomic E-state index is -2.61. The SMILES string of the molecule is C=C(C=C(N)CO)C(F)F. The van der Waals surface area contributed by atoms with Crippen molar-refractivity contribution in [3.8, 4) is 0 Å². The highest BCUT2D eigenvalue weighted by Crippen LogP contribution is 2.07. The van der Waals surface area contributed by atoms with Crippen LogP contribution in [0.1, 0.15) is 0 Å². The van der Waals surface area contributed by atoms with Crippen LogP contribution in [0.2, 0.25) is 0 Å². The van der Waals surface area contributed by atoms with Gasteiger partial charge in [0.25, 0.3) is 6.43 Å². The van der Waals surface area contributed by atoms with E-state index in [4.69, 9.17) is 10.8 Å². The summed E-state index contributed by atoms with van der Waals surface area (Å²) in [5.41, 5.74) is 4.64. The lowest BCUT2D eigenvalue weighted by atomic mass is 10.2. The normalized spacial score (nSPS) is 12.2. The lowest BCUT2D eigenvalue weighted by Crippen LogP contribution is -2.04. The molecule has 0 aromatic rings. The molecule has 0 spiro atoms. The number of hydrogen-bond donors (Lipinski definition) is 2. The first-order chi connectivity index (χ1) is 4.57. The quantitative estimate of drug-likeness (QED) is 0.578. The molecule has 3 N–H and O–H groups in total. The number of aliphatic hydroxyl groups excluding tert-OH is 1. The molecule has 0 aromatic heterocycles. The zero-order valence-electron chi connectivity index (χ0n) is 5.35. The lowest BCUT2D eigenvalue weighted by Gasteiger charge is -1.98. The van der Waals surface area contributed by atoms with Gasteiger partial charge in [-0.2, -0.15) is 0 Å². The molecule has 0 aliphatic rings. The smallest absolute Gasteiger partial charge is 0.263 e. The Kier molecular flexibility index (Phi) is 3.64. The summed E-state index contributed by atoms with van der Waals surface area (Å²) in [5, 5.41) is 8.29. The molecule has 0 radical (unpaired) electrons. The van der Waals surface area contributed by atoms with Crippen LogP contribution in [-0.4, -0.2) is 18.1 Å². The Hall–Kier alpha value is -0.900. The molecule has 0 atom stereocenters. The number of nitrogens with two attached hydrogens (primary N) is 1. The van der Waals surface area contributed by atoms with Gasteiger partial charge in [0.1, 0.15) is 0 Å². The van der Waals surface area contributed by atoms with Crippen LogP contribution in [0.5, 0.6) is 0 Å². The largest absolute Gasteiger partial charge is 0.400 e. The summed E-state index contributed by atoms with van der Waals surface area (Å²) >= 11 is 0. The molecule has 58 valence electrons. The Balaban J connectivity index is 4.00. The molecular weight excluding hydrogens is 140 g/mol. The van der Waals surface area contributed by atoms with E-state index < -0.39 is 13.0 Å². The van der Waals surface area contributed by atoms with E-state index in [0.29, 0.717) is 0 Å². The first kappa shape index (κ1) is 9.10. The molecule has 0 aromatic carbocycles. The van der Waals surface area contributed by atoms with Gasteiger partial charge in [0, 0.05) is 11.3 Å². The molecule has 4 heteroatoms. The molecule has 0 fully saturated rings. The van der Waals surface area contributed by atoms with E-state index in [1.807, 2.05) is 0 Å². The highest BCUT2D eigenvalue weighted by molar-refractivity contribution is 5.20. The summed E-state index contributed by atoms with van der Waals surface area (Å²) in [7, 11) is 0. The molecule has 0 aliphatic carbocycles. The second-order valence-electron chi connectivity index (χ2n) is 1.75. The van der Waals surface area contributed by atoms with Gasteiger partial charge in [-0.1, -0.05) is 6.58 Å². The van der Waals surface area contributed by atoms with Gasteiger partial charge < -0.3 is 10.8 Å². The Morgan fingerprint density at radius 3 is 2.50 bits per heavy atom. The predicted octanol–water partition coefficient (Wildman–Crippen LogP) is 0.643. The zero-order chi connectivity index (χ0) is 8.15.